The number of sulfone groups is 1. The predicted molar refractivity (Wildman–Crippen MR) is 105 cm³/mol. The van der Waals surface area contributed by atoms with E-state index in [1.165, 1.54) is 0 Å². The van der Waals surface area contributed by atoms with Gasteiger partial charge in [-0.3, -0.25) is 0 Å². The zero-order valence-corrected chi connectivity index (χ0v) is 16.3. The third kappa shape index (κ3) is 2.53. The summed E-state index contributed by atoms with van der Waals surface area (Å²) in [6, 6.07) is 7.58. The van der Waals surface area contributed by atoms with Gasteiger partial charge in [0, 0.05) is 28.0 Å². The second-order valence-electron chi connectivity index (χ2n) is 8.16. The zero-order chi connectivity index (χ0) is 17.9. The van der Waals surface area contributed by atoms with Gasteiger partial charge in [-0.15, -0.1) is 0 Å². The molecule has 128 valence electrons. The molecule has 3 rings (SSSR count). The molecule has 0 saturated heterocycles. The van der Waals surface area contributed by atoms with E-state index in [1.807, 2.05) is 18.2 Å². The average molecular weight is 344 g/mol. The molecule has 0 atom stereocenters. The molecule has 0 spiro atoms. The summed E-state index contributed by atoms with van der Waals surface area (Å²) < 4.78 is 27.2. The van der Waals surface area contributed by atoms with E-state index in [0.717, 1.165) is 23.7 Å². The lowest BCUT2D eigenvalue weighted by Crippen LogP contribution is -2.60. The van der Waals surface area contributed by atoms with Gasteiger partial charge in [0.25, 0.3) is 0 Å². The predicted octanol–water partition coefficient (Wildman–Crippen LogP) is 0.794. The van der Waals surface area contributed by atoms with Gasteiger partial charge in [0.2, 0.25) is 0 Å². The van der Waals surface area contributed by atoms with E-state index in [2.05, 4.69) is 59.3 Å². The lowest BCUT2D eigenvalue weighted by molar-refractivity contribution is 0.141. The van der Waals surface area contributed by atoms with Crippen LogP contribution in [0.25, 0.3) is 10.9 Å². The van der Waals surface area contributed by atoms with Crippen LogP contribution in [0.5, 0.6) is 0 Å². The van der Waals surface area contributed by atoms with E-state index in [-0.39, 0.29) is 16.1 Å². The Labute approximate surface area is 146 Å². The SMILES string of the molecule is BC(B)(n1ccc2cc(S(=O)(=O)C3CC3)ccc21)C(C)(C)N(C)C. The molecule has 0 aliphatic heterocycles. The lowest BCUT2D eigenvalue weighted by Gasteiger charge is -2.48. The number of likely N-dealkylation sites (N-methyl/N-ethyl adjacent to an activating group) is 1. The van der Waals surface area contributed by atoms with Gasteiger partial charge in [-0.2, -0.15) is 0 Å². The van der Waals surface area contributed by atoms with Crippen molar-refractivity contribution in [3.05, 3.63) is 30.5 Å². The number of benzene rings is 1. The molecule has 4 nitrogen and oxygen atoms in total. The number of fused-ring (bicyclic) bond motifs is 1. The smallest absolute Gasteiger partial charge is 0.181 e. The minimum Gasteiger partial charge on any atom is -0.356 e. The highest BCUT2D eigenvalue weighted by molar-refractivity contribution is 7.92. The van der Waals surface area contributed by atoms with Crippen molar-refractivity contribution in [2.45, 2.75) is 47.7 Å². The van der Waals surface area contributed by atoms with Crippen LogP contribution < -0.4 is 0 Å². The van der Waals surface area contributed by atoms with Crippen molar-refractivity contribution in [2.24, 2.45) is 0 Å². The summed E-state index contributed by atoms with van der Waals surface area (Å²) in [7, 11) is 5.49. The molecule has 1 fully saturated rings. The van der Waals surface area contributed by atoms with E-state index >= 15 is 0 Å². The molecule has 0 unspecified atom stereocenters. The van der Waals surface area contributed by atoms with Crippen LogP contribution in [-0.2, 0) is 15.2 Å². The summed E-state index contributed by atoms with van der Waals surface area (Å²) in [6.07, 6.45) is 3.67. The Morgan fingerprint density at radius 1 is 1.17 bits per heavy atom. The molecule has 1 aliphatic rings. The Kier molecular flexibility index (Phi) is 3.96. The molecular formula is C17H26B2N2O2S. The number of nitrogens with zero attached hydrogens (tertiary/aromatic N) is 2. The molecule has 0 bridgehead atoms. The normalized spacial score (nSPS) is 16.9. The van der Waals surface area contributed by atoms with E-state index in [4.69, 9.17) is 0 Å². The minimum absolute atomic E-state index is 0.0717. The third-order valence-electron chi connectivity index (χ3n) is 6.17. The quantitative estimate of drug-likeness (QED) is 0.754. The first-order valence-corrected chi connectivity index (χ1v) is 10.1. The zero-order valence-electron chi connectivity index (χ0n) is 15.5. The average Bonchev–Trinajstić information content (AvgIpc) is 3.26. The molecule has 2 aromatic rings. The van der Waals surface area contributed by atoms with Gasteiger partial charge in [-0.1, -0.05) is 0 Å². The van der Waals surface area contributed by atoms with Crippen LogP contribution >= 0.6 is 0 Å². The number of rotatable bonds is 5. The van der Waals surface area contributed by atoms with Gasteiger partial charge in [-0.25, -0.2) is 8.42 Å². The maximum absolute atomic E-state index is 12.5. The van der Waals surface area contributed by atoms with E-state index in [1.54, 1.807) is 6.07 Å². The second-order valence-corrected chi connectivity index (χ2v) is 10.4. The topological polar surface area (TPSA) is 42.3 Å². The van der Waals surface area contributed by atoms with Crippen molar-refractivity contribution in [1.29, 1.82) is 0 Å². The summed E-state index contributed by atoms with van der Waals surface area (Å²) in [5, 5.41) is 0.662. The number of aromatic nitrogens is 1. The first-order valence-electron chi connectivity index (χ1n) is 8.52. The molecule has 1 aromatic heterocycles. The molecule has 24 heavy (non-hydrogen) atoms. The van der Waals surface area contributed by atoms with Crippen molar-refractivity contribution < 1.29 is 8.42 Å². The fourth-order valence-electron chi connectivity index (χ4n) is 3.20. The van der Waals surface area contributed by atoms with Crippen LogP contribution in [0.15, 0.2) is 35.4 Å². The molecule has 1 saturated carbocycles. The Bertz CT molecular complexity index is 881. The highest BCUT2D eigenvalue weighted by Crippen LogP contribution is 2.36. The fourth-order valence-corrected chi connectivity index (χ4v) is 4.89. The number of hydrogen-bond donors (Lipinski definition) is 0. The Morgan fingerprint density at radius 3 is 2.33 bits per heavy atom. The summed E-state index contributed by atoms with van der Waals surface area (Å²) in [5.74, 6) is 0. The van der Waals surface area contributed by atoms with Crippen molar-refractivity contribution in [2.75, 3.05) is 14.1 Å². The van der Waals surface area contributed by atoms with Crippen molar-refractivity contribution >= 4 is 36.4 Å². The van der Waals surface area contributed by atoms with Gasteiger partial charge in [0.15, 0.2) is 9.84 Å². The third-order valence-corrected chi connectivity index (χ3v) is 8.43. The van der Waals surface area contributed by atoms with Crippen molar-refractivity contribution in [3.8, 4) is 0 Å². The van der Waals surface area contributed by atoms with E-state index < -0.39 is 9.84 Å². The van der Waals surface area contributed by atoms with Crippen LogP contribution in [0, 0.1) is 0 Å². The number of hydrogen-bond acceptors (Lipinski definition) is 3. The van der Waals surface area contributed by atoms with Crippen LogP contribution in [-0.4, -0.2) is 58.5 Å². The minimum atomic E-state index is -3.14. The molecule has 1 heterocycles. The van der Waals surface area contributed by atoms with Gasteiger partial charge >= 0.3 is 0 Å². The first kappa shape index (κ1) is 17.6. The molecule has 0 radical (unpaired) electrons. The highest BCUT2D eigenvalue weighted by Gasteiger charge is 2.40. The summed E-state index contributed by atoms with van der Waals surface area (Å²) in [5.41, 5.74) is 1.00. The van der Waals surface area contributed by atoms with Crippen molar-refractivity contribution in [1.82, 2.24) is 9.47 Å². The second kappa shape index (κ2) is 5.40. The molecule has 1 aromatic carbocycles. The summed E-state index contributed by atoms with van der Waals surface area (Å²) in [6.45, 7) is 4.45. The first-order chi connectivity index (χ1) is 11.0. The largest absolute Gasteiger partial charge is 0.356 e. The Morgan fingerprint density at radius 2 is 1.79 bits per heavy atom. The van der Waals surface area contributed by atoms with Crippen LogP contribution in [0.4, 0.5) is 0 Å². The summed E-state index contributed by atoms with van der Waals surface area (Å²) in [4.78, 5) is 2.69. The molecular weight excluding hydrogens is 318 g/mol. The maximum atomic E-state index is 12.5. The Balaban J connectivity index is 2.09. The monoisotopic (exact) mass is 344 g/mol. The fraction of sp³-hybridized carbons (Fsp3) is 0.529. The maximum Gasteiger partial charge on any atom is 0.181 e. The standard InChI is InChI=1S/C17H26B2N2O2S/c1-16(2,20(3)4)17(18,19)21-10-9-12-11-14(7-8-15(12)21)24(22,23)13-5-6-13/h7-11,13H,5-6,18-19H2,1-4H3. The molecule has 7 heteroatoms. The van der Waals surface area contributed by atoms with Gasteiger partial charge in [-0.05, 0) is 65.0 Å². The summed E-state index contributed by atoms with van der Waals surface area (Å²) >= 11 is 0. The molecule has 1 aliphatic carbocycles. The van der Waals surface area contributed by atoms with Gasteiger partial charge < -0.3 is 9.47 Å². The van der Waals surface area contributed by atoms with Crippen LogP contribution in [0.1, 0.15) is 26.7 Å². The van der Waals surface area contributed by atoms with E-state index in [9.17, 15) is 8.42 Å². The molecule has 0 N–H and O–H groups in total. The van der Waals surface area contributed by atoms with Gasteiger partial charge in [0.1, 0.15) is 15.7 Å². The molecule has 0 amide bonds. The Hall–Kier alpha value is -1.20. The lowest BCUT2D eigenvalue weighted by atomic mass is 9.51. The van der Waals surface area contributed by atoms with E-state index in [0.29, 0.717) is 4.90 Å². The van der Waals surface area contributed by atoms with Crippen LogP contribution in [0.2, 0.25) is 0 Å². The van der Waals surface area contributed by atoms with Crippen LogP contribution in [0.3, 0.4) is 0 Å². The van der Waals surface area contributed by atoms with Crippen molar-refractivity contribution in [3.63, 3.8) is 0 Å². The van der Waals surface area contributed by atoms with Gasteiger partial charge in [0.05, 0.1) is 10.1 Å². The highest BCUT2D eigenvalue weighted by atomic mass is 32.2.